The molecule has 1 saturated heterocycles. The summed E-state index contributed by atoms with van der Waals surface area (Å²) >= 11 is 0. The Hall–Kier alpha value is -1.14. The number of rotatable bonds is 5. The third-order valence-electron chi connectivity index (χ3n) is 2.44. The number of hydrogen-bond acceptors (Lipinski definition) is 4. The van der Waals surface area contributed by atoms with Gasteiger partial charge in [-0.2, -0.15) is 0 Å². The number of methoxy groups -OCH3 is 1. The summed E-state index contributed by atoms with van der Waals surface area (Å²) in [5.41, 5.74) is 0. The Morgan fingerprint density at radius 3 is 2.69 bits per heavy atom. The van der Waals surface area contributed by atoms with Crippen LogP contribution in [-0.4, -0.2) is 63.2 Å². The largest absolute Gasteiger partial charge is 0.384 e. The smallest absolute Gasteiger partial charge is 0.242 e. The molecular formula is C10H19N3O3. The van der Waals surface area contributed by atoms with Gasteiger partial charge in [-0.3, -0.25) is 9.59 Å². The van der Waals surface area contributed by atoms with E-state index in [1.807, 2.05) is 0 Å². The van der Waals surface area contributed by atoms with Gasteiger partial charge in [0.25, 0.3) is 0 Å². The minimum absolute atomic E-state index is 0.0210. The van der Waals surface area contributed by atoms with E-state index < -0.39 is 0 Å². The van der Waals surface area contributed by atoms with E-state index in [1.165, 1.54) is 0 Å². The van der Waals surface area contributed by atoms with Crippen molar-refractivity contribution < 1.29 is 14.3 Å². The highest BCUT2D eigenvalue weighted by atomic mass is 16.5. The molecule has 0 aliphatic carbocycles. The zero-order valence-electron chi connectivity index (χ0n) is 9.62. The van der Waals surface area contributed by atoms with E-state index in [-0.39, 0.29) is 18.4 Å². The molecule has 0 spiro atoms. The standard InChI is InChI=1S/C10H19N3O3/c1-16-7-2-9(14)12-8-10(15)13-5-3-11-4-6-13/h11H,2-8H2,1H3,(H,12,14). The maximum absolute atomic E-state index is 11.6. The molecule has 1 rings (SSSR count). The highest BCUT2D eigenvalue weighted by Gasteiger charge is 2.16. The first kappa shape index (κ1) is 12.9. The van der Waals surface area contributed by atoms with Gasteiger partial charge in [0.2, 0.25) is 11.8 Å². The Morgan fingerprint density at radius 2 is 2.06 bits per heavy atom. The molecule has 1 aliphatic heterocycles. The molecule has 0 aromatic carbocycles. The monoisotopic (exact) mass is 229 g/mol. The second kappa shape index (κ2) is 7.19. The lowest BCUT2D eigenvalue weighted by molar-refractivity contribution is -0.133. The average Bonchev–Trinajstić information content (AvgIpc) is 2.34. The van der Waals surface area contributed by atoms with Crippen LogP contribution in [0.2, 0.25) is 0 Å². The number of piperazine rings is 1. The molecule has 6 heteroatoms. The highest BCUT2D eigenvalue weighted by Crippen LogP contribution is 1.92. The molecule has 0 unspecified atom stereocenters. The first-order valence-corrected chi connectivity index (χ1v) is 5.48. The van der Waals surface area contributed by atoms with Crippen LogP contribution < -0.4 is 10.6 Å². The van der Waals surface area contributed by atoms with Crippen LogP contribution >= 0.6 is 0 Å². The first-order valence-electron chi connectivity index (χ1n) is 5.48. The van der Waals surface area contributed by atoms with E-state index in [1.54, 1.807) is 12.0 Å². The minimum atomic E-state index is -0.148. The first-order chi connectivity index (χ1) is 7.74. The van der Waals surface area contributed by atoms with Gasteiger partial charge in [-0.05, 0) is 0 Å². The zero-order valence-corrected chi connectivity index (χ0v) is 9.62. The predicted molar refractivity (Wildman–Crippen MR) is 59.0 cm³/mol. The molecule has 1 fully saturated rings. The van der Waals surface area contributed by atoms with E-state index >= 15 is 0 Å². The van der Waals surface area contributed by atoms with Gasteiger partial charge in [0.1, 0.15) is 0 Å². The Labute approximate surface area is 95.3 Å². The predicted octanol–water partition coefficient (Wildman–Crippen LogP) is -1.43. The van der Waals surface area contributed by atoms with Crippen molar-refractivity contribution in [1.82, 2.24) is 15.5 Å². The number of amides is 2. The fourth-order valence-electron chi connectivity index (χ4n) is 1.48. The second-order valence-electron chi connectivity index (χ2n) is 3.65. The van der Waals surface area contributed by atoms with Gasteiger partial charge >= 0.3 is 0 Å². The van der Waals surface area contributed by atoms with Gasteiger partial charge in [0.05, 0.1) is 13.2 Å². The summed E-state index contributed by atoms with van der Waals surface area (Å²) in [4.78, 5) is 24.6. The molecule has 2 N–H and O–H groups in total. The lowest BCUT2D eigenvalue weighted by atomic mass is 10.3. The third kappa shape index (κ3) is 4.59. The number of nitrogens with zero attached hydrogens (tertiary/aromatic N) is 1. The van der Waals surface area contributed by atoms with Crippen LogP contribution in [0.3, 0.4) is 0 Å². The molecule has 1 heterocycles. The molecular weight excluding hydrogens is 210 g/mol. The van der Waals surface area contributed by atoms with Gasteiger partial charge in [0.15, 0.2) is 0 Å². The van der Waals surface area contributed by atoms with Gasteiger partial charge < -0.3 is 20.3 Å². The lowest BCUT2D eigenvalue weighted by Crippen LogP contribution is -2.49. The molecule has 0 aromatic rings. The van der Waals surface area contributed by atoms with Crippen molar-refractivity contribution in [3.05, 3.63) is 0 Å². The summed E-state index contributed by atoms with van der Waals surface area (Å²) in [6.45, 7) is 3.54. The quantitative estimate of drug-likeness (QED) is 0.606. The molecule has 0 radical (unpaired) electrons. The third-order valence-corrected chi connectivity index (χ3v) is 2.44. The lowest BCUT2D eigenvalue weighted by Gasteiger charge is -2.27. The average molecular weight is 229 g/mol. The van der Waals surface area contributed by atoms with E-state index in [9.17, 15) is 9.59 Å². The fraction of sp³-hybridized carbons (Fsp3) is 0.800. The van der Waals surface area contributed by atoms with Crippen LogP contribution in [0.5, 0.6) is 0 Å². The number of hydrogen-bond donors (Lipinski definition) is 2. The summed E-state index contributed by atoms with van der Waals surface area (Å²) in [5.74, 6) is -0.169. The summed E-state index contributed by atoms with van der Waals surface area (Å²) in [7, 11) is 1.54. The Bertz CT molecular complexity index is 239. The maximum Gasteiger partial charge on any atom is 0.242 e. The van der Waals surface area contributed by atoms with Gasteiger partial charge in [-0.15, -0.1) is 0 Å². The Morgan fingerprint density at radius 1 is 1.38 bits per heavy atom. The van der Waals surface area contributed by atoms with Crippen molar-refractivity contribution in [2.45, 2.75) is 6.42 Å². The topological polar surface area (TPSA) is 70.7 Å². The molecule has 1 aliphatic rings. The molecule has 0 saturated carbocycles. The van der Waals surface area contributed by atoms with E-state index in [4.69, 9.17) is 4.74 Å². The van der Waals surface area contributed by atoms with Crippen LogP contribution in [-0.2, 0) is 14.3 Å². The SMILES string of the molecule is COCCC(=O)NCC(=O)N1CCNCC1. The number of carbonyl (C=O) groups excluding carboxylic acids is 2. The molecule has 2 amide bonds. The summed E-state index contributed by atoms with van der Waals surface area (Å²) in [6.07, 6.45) is 0.297. The summed E-state index contributed by atoms with van der Waals surface area (Å²) < 4.78 is 4.77. The number of ether oxygens (including phenoxy) is 1. The van der Waals surface area contributed by atoms with Crippen molar-refractivity contribution in [3.8, 4) is 0 Å². The van der Waals surface area contributed by atoms with Crippen molar-refractivity contribution >= 4 is 11.8 Å². The van der Waals surface area contributed by atoms with Crippen molar-refractivity contribution in [2.24, 2.45) is 0 Å². The fourth-order valence-corrected chi connectivity index (χ4v) is 1.48. The molecule has 16 heavy (non-hydrogen) atoms. The van der Waals surface area contributed by atoms with Crippen LogP contribution in [0.4, 0.5) is 0 Å². The molecule has 0 aromatic heterocycles. The highest BCUT2D eigenvalue weighted by molar-refractivity contribution is 5.84. The molecule has 0 atom stereocenters. The van der Waals surface area contributed by atoms with Gasteiger partial charge in [-0.25, -0.2) is 0 Å². The maximum atomic E-state index is 11.6. The van der Waals surface area contributed by atoms with Crippen LogP contribution in [0.1, 0.15) is 6.42 Å². The van der Waals surface area contributed by atoms with E-state index in [0.29, 0.717) is 26.1 Å². The second-order valence-corrected chi connectivity index (χ2v) is 3.65. The van der Waals surface area contributed by atoms with Crippen LogP contribution in [0.15, 0.2) is 0 Å². The van der Waals surface area contributed by atoms with Crippen molar-refractivity contribution in [1.29, 1.82) is 0 Å². The van der Waals surface area contributed by atoms with Gasteiger partial charge in [0, 0.05) is 39.7 Å². The van der Waals surface area contributed by atoms with Crippen LogP contribution in [0, 0.1) is 0 Å². The zero-order chi connectivity index (χ0) is 11.8. The normalized spacial score (nSPS) is 15.9. The van der Waals surface area contributed by atoms with Gasteiger partial charge in [-0.1, -0.05) is 0 Å². The Balaban J connectivity index is 2.15. The van der Waals surface area contributed by atoms with Crippen molar-refractivity contribution in [2.75, 3.05) is 46.4 Å². The van der Waals surface area contributed by atoms with Crippen molar-refractivity contribution in [3.63, 3.8) is 0 Å². The number of nitrogens with one attached hydrogen (secondary N) is 2. The Kier molecular flexibility index (Phi) is 5.81. The molecule has 92 valence electrons. The van der Waals surface area contributed by atoms with E-state index in [2.05, 4.69) is 10.6 Å². The van der Waals surface area contributed by atoms with Crippen LogP contribution in [0.25, 0.3) is 0 Å². The molecule has 0 bridgehead atoms. The van der Waals surface area contributed by atoms with E-state index in [0.717, 1.165) is 13.1 Å². The summed E-state index contributed by atoms with van der Waals surface area (Å²) in [6, 6.07) is 0. The minimum Gasteiger partial charge on any atom is -0.384 e. The number of carbonyl (C=O) groups is 2. The molecule has 6 nitrogen and oxygen atoms in total. The summed E-state index contributed by atoms with van der Waals surface area (Å²) in [5, 5.41) is 5.75.